The van der Waals surface area contributed by atoms with Crippen molar-refractivity contribution < 1.29 is 9.53 Å². The van der Waals surface area contributed by atoms with Crippen LogP contribution in [0, 0.1) is 0 Å². The first-order valence-electron chi connectivity index (χ1n) is 2.61. The van der Waals surface area contributed by atoms with Gasteiger partial charge in [0.15, 0.2) is 6.23 Å². The van der Waals surface area contributed by atoms with E-state index in [0.717, 1.165) is 6.42 Å². The van der Waals surface area contributed by atoms with Crippen LogP contribution in [0.3, 0.4) is 0 Å². The highest BCUT2D eigenvalue weighted by Gasteiger charge is 2.21. The van der Waals surface area contributed by atoms with E-state index in [2.05, 4.69) is 5.32 Å². The topological polar surface area (TPSA) is 40.4 Å². The van der Waals surface area contributed by atoms with Gasteiger partial charge in [-0.15, -0.1) is 0 Å². The lowest BCUT2D eigenvalue weighted by Crippen LogP contribution is -2.16. The highest BCUT2D eigenvalue weighted by atomic mass is 16.6. The highest BCUT2D eigenvalue weighted by Crippen LogP contribution is 2.10. The molecule has 1 aliphatic rings. The van der Waals surface area contributed by atoms with E-state index in [1.807, 2.05) is 0 Å². The monoisotopic (exact) mass is 114 g/mol. The second kappa shape index (κ2) is 2.13. The van der Waals surface area contributed by atoms with E-state index in [1.165, 1.54) is 0 Å². The van der Waals surface area contributed by atoms with Crippen LogP contribution in [0.1, 0.15) is 12.8 Å². The maximum atomic E-state index is 10.3. The zero-order valence-corrected chi connectivity index (χ0v) is 4.76. The van der Waals surface area contributed by atoms with Gasteiger partial charge in [0.25, 0.3) is 0 Å². The Kier molecular flexibility index (Phi) is 1.48. The van der Waals surface area contributed by atoms with Crippen molar-refractivity contribution in [1.29, 1.82) is 0 Å². The fraction of sp³-hybridized carbons (Fsp3) is 0.800. The molecule has 1 radical (unpaired) electrons. The van der Waals surface area contributed by atoms with Gasteiger partial charge in [-0.3, -0.25) is 4.79 Å². The van der Waals surface area contributed by atoms with E-state index in [0.29, 0.717) is 6.42 Å². The van der Waals surface area contributed by atoms with Gasteiger partial charge in [0.2, 0.25) is 0 Å². The van der Waals surface area contributed by atoms with Crippen LogP contribution in [-0.4, -0.2) is 19.2 Å². The summed E-state index contributed by atoms with van der Waals surface area (Å²) in [6.07, 6.45) is 1.14. The Balaban J connectivity index is 2.32. The summed E-state index contributed by atoms with van der Waals surface area (Å²) in [5.41, 5.74) is 0. The summed E-state index contributed by atoms with van der Waals surface area (Å²) >= 11 is 0. The lowest BCUT2D eigenvalue weighted by atomic mass is 10.3. The van der Waals surface area contributed by atoms with Crippen LogP contribution in [0.15, 0.2) is 0 Å². The predicted molar refractivity (Wildman–Crippen MR) is 27.2 cm³/mol. The molecule has 8 heavy (non-hydrogen) atoms. The fourth-order valence-corrected chi connectivity index (χ4v) is 0.693. The van der Waals surface area contributed by atoms with Gasteiger partial charge in [-0.2, -0.15) is 0 Å². The number of hydrogen-bond donors (Lipinski definition) is 0. The van der Waals surface area contributed by atoms with E-state index in [1.54, 1.807) is 7.05 Å². The molecule has 0 N–H and O–H groups in total. The maximum Gasteiger partial charge on any atom is 0.307 e. The summed E-state index contributed by atoms with van der Waals surface area (Å²) in [5, 5.41) is 3.79. The molecule has 0 aromatic carbocycles. The van der Waals surface area contributed by atoms with Gasteiger partial charge in [-0.1, -0.05) is 0 Å². The molecule has 1 fully saturated rings. The van der Waals surface area contributed by atoms with Crippen molar-refractivity contribution in [3.8, 4) is 0 Å². The van der Waals surface area contributed by atoms with E-state index in [-0.39, 0.29) is 12.2 Å². The summed E-state index contributed by atoms with van der Waals surface area (Å²) in [6, 6.07) is 0. The Morgan fingerprint density at radius 3 is 2.88 bits per heavy atom. The van der Waals surface area contributed by atoms with Gasteiger partial charge in [-0.05, 0) is 0 Å². The second-order valence-corrected chi connectivity index (χ2v) is 1.74. The zero-order chi connectivity index (χ0) is 5.98. The lowest BCUT2D eigenvalue weighted by molar-refractivity contribution is -0.142. The molecule has 0 spiro atoms. The van der Waals surface area contributed by atoms with Crippen molar-refractivity contribution in [1.82, 2.24) is 5.32 Å². The molecule has 1 heterocycles. The first-order valence-corrected chi connectivity index (χ1v) is 2.61. The van der Waals surface area contributed by atoms with Gasteiger partial charge in [0.05, 0.1) is 6.42 Å². The fourth-order valence-electron chi connectivity index (χ4n) is 0.693. The number of ether oxygens (including phenoxy) is 1. The van der Waals surface area contributed by atoms with Crippen LogP contribution < -0.4 is 5.32 Å². The molecule has 1 aliphatic heterocycles. The van der Waals surface area contributed by atoms with Gasteiger partial charge < -0.3 is 4.74 Å². The Bertz CT molecular complexity index is 103. The molecule has 0 aromatic heterocycles. The number of esters is 1. The molecule has 3 nitrogen and oxygen atoms in total. The molecule has 1 rings (SSSR count). The third-order valence-electron chi connectivity index (χ3n) is 1.15. The van der Waals surface area contributed by atoms with E-state index in [4.69, 9.17) is 4.74 Å². The van der Waals surface area contributed by atoms with Crippen molar-refractivity contribution in [3.05, 3.63) is 0 Å². The summed E-state index contributed by atoms with van der Waals surface area (Å²) in [4.78, 5) is 10.3. The Labute approximate surface area is 48.0 Å². The molecule has 0 bridgehead atoms. The molecule has 0 amide bonds. The molecule has 0 saturated carbocycles. The largest absolute Gasteiger partial charge is 0.445 e. The van der Waals surface area contributed by atoms with E-state index in [9.17, 15) is 4.79 Å². The number of carbonyl (C=O) groups is 1. The van der Waals surface area contributed by atoms with Crippen LogP contribution in [0.25, 0.3) is 0 Å². The van der Waals surface area contributed by atoms with Gasteiger partial charge >= 0.3 is 5.97 Å². The van der Waals surface area contributed by atoms with Gasteiger partial charge in [-0.25, -0.2) is 5.32 Å². The first-order chi connectivity index (χ1) is 3.83. The summed E-state index contributed by atoms with van der Waals surface area (Å²) in [7, 11) is 1.66. The normalized spacial score (nSPS) is 28.1. The van der Waals surface area contributed by atoms with Crippen molar-refractivity contribution in [3.63, 3.8) is 0 Å². The minimum absolute atomic E-state index is 0.124. The minimum Gasteiger partial charge on any atom is -0.445 e. The zero-order valence-electron chi connectivity index (χ0n) is 4.76. The van der Waals surface area contributed by atoms with Gasteiger partial charge in [0.1, 0.15) is 0 Å². The van der Waals surface area contributed by atoms with Crippen LogP contribution in [-0.2, 0) is 9.53 Å². The average Bonchev–Trinajstić information content (AvgIpc) is 2.14. The number of rotatable bonds is 1. The SMILES string of the molecule is C[N]C1CCC(=O)O1. The highest BCUT2D eigenvalue weighted by molar-refractivity contribution is 5.71. The Morgan fingerprint density at radius 2 is 2.62 bits per heavy atom. The van der Waals surface area contributed by atoms with Crippen molar-refractivity contribution in [2.75, 3.05) is 7.05 Å². The van der Waals surface area contributed by atoms with Crippen LogP contribution in [0.2, 0.25) is 0 Å². The number of hydrogen-bond acceptors (Lipinski definition) is 2. The molecule has 3 heteroatoms. The molecule has 1 saturated heterocycles. The standard InChI is InChI=1S/C5H8NO2/c1-6-4-2-3-5(7)8-4/h4H,2-3H2,1H3. The Hall–Kier alpha value is -0.570. The molecular formula is C5H8NO2. The lowest BCUT2D eigenvalue weighted by Gasteiger charge is -2.01. The summed E-state index contributed by atoms with van der Waals surface area (Å²) in [6.45, 7) is 0. The quantitative estimate of drug-likeness (QED) is 0.446. The second-order valence-electron chi connectivity index (χ2n) is 1.74. The molecule has 0 aromatic rings. The van der Waals surface area contributed by atoms with Crippen LogP contribution >= 0.6 is 0 Å². The average molecular weight is 114 g/mol. The van der Waals surface area contributed by atoms with Crippen LogP contribution in [0.4, 0.5) is 0 Å². The number of carbonyl (C=O) groups excluding carboxylic acids is 1. The molecule has 1 unspecified atom stereocenters. The minimum atomic E-state index is -0.150. The van der Waals surface area contributed by atoms with E-state index < -0.39 is 0 Å². The smallest absolute Gasteiger partial charge is 0.307 e. The molecule has 45 valence electrons. The summed E-state index contributed by atoms with van der Waals surface area (Å²) < 4.78 is 4.70. The van der Waals surface area contributed by atoms with Crippen molar-refractivity contribution in [2.45, 2.75) is 19.1 Å². The molecule has 1 atom stereocenters. The maximum absolute atomic E-state index is 10.3. The third-order valence-corrected chi connectivity index (χ3v) is 1.15. The molecule has 0 aliphatic carbocycles. The van der Waals surface area contributed by atoms with Gasteiger partial charge in [0, 0.05) is 13.5 Å². The predicted octanol–water partition coefficient (Wildman–Crippen LogP) is -0.116. The molecular weight excluding hydrogens is 106 g/mol. The van der Waals surface area contributed by atoms with Crippen molar-refractivity contribution >= 4 is 5.97 Å². The first kappa shape index (κ1) is 5.56. The number of cyclic esters (lactones) is 1. The summed E-state index contributed by atoms with van der Waals surface area (Å²) in [5.74, 6) is -0.124. The van der Waals surface area contributed by atoms with Crippen LogP contribution in [0.5, 0.6) is 0 Å². The third kappa shape index (κ3) is 0.980. The van der Waals surface area contributed by atoms with Crippen molar-refractivity contribution in [2.24, 2.45) is 0 Å². The number of nitrogens with zero attached hydrogens (tertiary/aromatic N) is 1. The van der Waals surface area contributed by atoms with E-state index >= 15 is 0 Å². The Morgan fingerprint density at radius 1 is 1.88 bits per heavy atom.